The van der Waals surface area contributed by atoms with Crippen LogP contribution < -0.4 is 5.32 Å². The molecule has 1 N–H and O–H groups in total. The van der Waals surface area contributed by atoms with Gasteiger partial charge in [-0.15, -0.1) is 0 Å². The number of amides is 1. The van der Waals surface area contributed by atoms with E-state index >= 15 is 0 Å². The molecule has 0 radical (unpaired) electrons. The van der Waals surface area contributed by atoms with Crippen LogP contribution in [-0.2, 0) is 10.7 Å². The van der Waals surface area contributed by atoms with Crippen LogP contribution in [-0.4, -0.2) is 10.2 Å². The van der Waals surface area contributed by atoms with E-state index in [9.17, 15) is 18.0 Å². The number of hydrogen-bond acceptors (Lipinski definition) is 3. The second kappa shape index (κ2) is 5.41. The minimum atomic E-state index is -3.47. The van der Waals surface area contributed by atoms with Crippen molar-refractivity contribution in [3.05, 3.63) is 52.7 Å². The molecule has 1 aromatic rings. The van der Waals surface area contributed by atoms with Crippen molar-refractivity contribution in [3.8, 4) is 0 Å². The number of thiocarbonyl (C=S) groups is 1. The summed E-state index contributed by atoms with van der Waals surface area (Å²) < 4.78 is 41.3. The molecule has 1 saturated heterocycles. The maximum Gasteiger partial charge on any atom is 0.294 e. The first-order valence-corrected chi connectivity index (χ1v) is 6.63. The Kier molecular flexibility index (Phi) is 4.01. The molecule has 7 heteroatoms. The van der Waals surface area contributed by atoms with Gasteiger partial charge in [0.1, 0.15) is 10.1 Å². The molecule has 0 unspecified atom stereocenters. The Labute approximate surface area is 122 Å². The molecule has 0 bridgehead atoms. The van der Waals surface area contributed by atoms with Crippen LogP contribution >= 0.6 is 24.0 Å². The van der Waals surface area contributed by atoms with Crippen LogP contribution in [0, 0.1) is 5.82 Å². The summed E-state index contributed by atoms with van der Waals surface area (Å²) in [5.74, 6) is -5.03. The van der Waals surface area contributed by atoms with Crippen LogP contribution in [0.1, 0.15) is 11.1 Å². The maximum absolute atomic E-state index is 14.1. The van der Waals surface area contributed by atoms with Crippen molar-refractivity contribution in [1.82, 2.24) is 5.32 Å². The van der Waals surface area contributed by atoms with Gasteiger partial charge in [-0.1, -0.05) is 42.7 Å². The quantitative estimate of drug-likeness (QED) is 0.525. The van der Waals surface area contributed by atoms with Gasteiger partial charge < -0.3 is 5.32 Å². The van der Waals surface area contributed by atoms with Gasteiger partial charge in [0.2, 0.25) is 0 Å². The fourth-order valence-corrected chi connectivity index (χ4v) is 2.63. The number of allylic oxidation sites excluding steroid dienone is 1. The van der Waals surface area contributed by atoms with Crippen molar-refractivity contribution < 1.29 is 18.0 Å². The highest BCUT2D eigenvalue weighted by atomic mass is 32.2. The van der Waals surface area contributed by atoms with E-state index in [1.807, 2.05) is 0 Å². The average molecular weight is 315 g/mol. The summed E-state index contributed by atoms with van der Waals surface area (Å²) in [6.07, 6.45) is 1.56. The smallest absolute Gasteiger partial charge is 0.294 e. The van der Waals surface area contributed by atoms with Crippen molar-refractivity contribution in [1.29, 1.82) is 0 Å². The third-order valence-corrected chi connectivity index (χ3v) is 3.74. The van der Waals surface area contributed by atoms with Gasteiger partial charge in [0.15, 0.2) is 0 Å². The summed E-state index contributed by atoms with van der Waals surface area (Å²) in [5.41, 5.74) is -0.890. The molecule has 0 spiro atoms. The number of benzene rings is 1. The summed E-state index contributed by atoms with van der Waals surface area (Å²) in [5, 5.41) is 2.36. The third kappa shape index (κ3) is 2.78. The van der Waals surface area contributed by atoms with Gasteiger partial charge in [0.25, 0.3) is 11.8 Å². The number of carbonyl (C=O) groups is 1. The molecular formula is C13H8F3NOS2. The van der Waals surface area contributed by atoms with E-state index in [0.717, 1.165) is 17.8 Å². The predicted molar refractivity (Wildman–Crippen MR) is 76.8 cm³/mol. The van der Waals surface area contributed by atoms with Crippen LogP contribution in [0.4, 0.5) is 13.2 Å². The number of alkyl halides is 2. The summed E-state index contributed by atoms with van der Waals surface area (Å²) in [6.45, 7) is 2.99. The Morgan fingerprint density at radius 1 is 1.40 bits per heavy atom. The van der Waals surface area contributed by atoms with E-state index in [1.54, 1.807) is 0 Å². The Hall–Kier alpha value is -1.60. The normalized spacial score (nSPS) is 17.4. The fourth-order valence-electron chi connectivity index (χ4n) is 1.59. The van der Waals surface area contributed by atoms with Crippen molar-refractivity contribution in [2.24, 2.45) is 0 Å². The predicted octanol–water partition coefficient (Wildman–Crippen LogP) is 3.59. The van der Waals surface area contributed by atoms with Crippen LogP contribution in [0.3, 0.4) is 0 Å². The van der Waals surface area contributed by atoms with Gasteiger partial charge in [0.05, 0.1) is 10.5 Å². The molecular weight excluding hydrogens is 307 g/mol. The number of thioether (sulfide) groups is 1. The zero-order chi connectivity index (χ0) is 14.9. The fraction of sp³-hybridized carbons (Fsp3) is 0.0769. The average Bonchev–Trinajstić information content (AvgIpc) is 2.70. The molecule has 2 rings (SSSR count). The highest BCUT2D eigenvalue weighted by Crippen LogP contribution is 2.34. The highest BCUT2D eigenvalue weighted by Gasteiger charge is 2.31. The highest BCUT2D eigenvalue weighted by molar-refractivity contribution is 8.26. The van der Waals surface area contributed by atoms with Crippen LogP contribution in [0.15, 0.2) is 35.8 Å². The monoisotopic (exact) mass is 315 g/mol. The van der Waals surface area contributed by atoms with Crippen LogP contribution in [0.5, 0.6) is 0 Å². The molecule has 0 saturated carbocycles. The minimum absolute atomic E-state index is 0.105. The van der Waals surface area contributed by atoms with Gasteiger partial charge >= 0.3 is 0 Å². The first-order chi connectivity index (χ1) is 9.35. The van der Waals surface area contributed by atoms with E-state index in [4.69, 9.17) is 12.2 Å². The largest absolute Gasteiger partial charge is 0.307 e. The molecule has 1 aliphatic rings. The van der Waals surface area contributed by atoms with Crippen molar-refractivity contribution in [2.75, 3.05) is 0 Å². The first kappa shape index (κ1) is 14.8. The summed E-state index contributed by atoms with van der Waals surface area (Å²) in [7, 11) is 0. The first-order valence-electron chi connectivity index (χ1n) is 5.40. The lowest BCUT2D eigenvalue weighted by Crippen LogP contribution is -2.17. The standard InChI is InChI=1S/C13H8F3NOS2/c1-2-13(15,16)8-5-3-4-7(10(8)14)6-9-11(18)17-12(19)20-9/h2-6H,1H2,(H,17,18,19)/b9-6-. The number of nitrogens with one attached hydrogen (secondary N) is 1. The molecule has 0 atom stereocenters. The zero-order valence-corrected chi connectivity index (χ0v) is 11.6. The molecule has 1 heterocycles. The summed E-state index contributed by atoms with van der Waals surface area (Å²) in [6, 6.07) is 3.57. The van der Waals surface area contributed by atoms with Crippen molar-refractivity contribution in [2.45, 2.75) is 5.92 Å². The van der Waals surface area contributed by atoms with Crippen molar-refractivity contribution in [3.63, 3.8) is 0 Å². The molecule has 104 valence electrons. The molecule has 1 aliphatic heterocycles. The van der Waals surface area contributed by atoms with Gasteiger partial charge in [-0.05, 0) is 18.2 Å². The lowest BCUT2D eigenvalue weighted by atomic mass is 10.0. The molecule has 1 fully saturated rings. The van der Waals surface area contributed by atoms with Gasteiger partial charge in [-0.2, -0.15) is 8.78 Å². The van der Waals surface area contributed by atoms with Gasteiger partial charge in [0, 0.05) is 5.56 Å². The SMILES string of the molecule is C=CC(F)(F)c1cccc(/C=C2\SC(=S)NC2=O)c1F. The van der Waals surface area contributed by atoms with E-state index in [-0.39, 0.29) is 14.8 Å². The van der Waals surface area contributed by atoms with Crippen molar-refractivity contribution >= 4 is 40.3 Å². The Morgan fingerprint density at radius 2 is 2.10 bits per heavy atom. The molecule has 0 aromatic heterocycles. The second-order valence-corrected chi connectivity index (χ2v) is 5.61. The summed E-state index contributed by atoms with van der Waals surface area (Å²) >= 11 is 5.74. The number of halogens is 3. The summed E-state index contributed by atoms with van der Waals surface area (Å²) in [4.78, 5) is 11.6. The number of rotatable bonds is 3. The Morgan fingerprint density at radius 3 is 2.65 bits per heavy atom. The second-order valence-electron chi connectivity index (χ2n) is 3.89. The lowest BCUT2D eigenvalue weighted by Gasteiger charge is -2.13. The number of carbonyl (C=O) groups excluding carboxylic acids is 1. The molecule has 20 heavy (non-hydrogen) atoms. The van der Waals surface area contributed by atoms with E-state index in [0.29, 0.717) is 6.08 Å². The maximum atomic E-state index is 14.1. The van der Waals surface area contributed by atoms with Gasteiger partial charge in [-0.25, -0.2) is 4.39 Å². The molecule has 2 nitrogen and oxygen atoms in total. The van der Waals surface area contributed by atoms with Crippen LogP contribution in [0.2, 0.25) is 0 Å². The Balaban J connectivity index is 2.47. The van der Waals surface area contributed by atoms with E-state index < -0.39 is 23.2 Å². The molecule has 1 amide bonds. The number of hydrogen-bond donors (Lipinski definition) is 1. The molecule has 1 aromatic carbocycles. The van der Waals surface area contributed by atoms with Gasteiger partial charge in [-0.3, -0.25) is 4.79 Å². The topological polar surface area (TPSA) is 29.1 Å². The lowest BCUT2D eigenvalue weighted by molar-refractivity contribution is -0.115. The zero-order valence-electron chi connectivity index (χ0n) is 9.95. The Bertz CT molecular complexity index is 641. The van der Waals surface area contributed by atoms with E-state index in [1.165, 1.54) is 18.2 Å². The van der Waals surface area contributed by atoms with Crippen LogP contribution in [0.25, 0.3) is 6.08 Å². The van der Waals surface area contributed by atoms with E-state index in [2.05, 4.69) is 11.9 Å². The molecule has 0 aliphatic carbocycles. The minimum Gasteiger partial charge on any atom is -0.307 e. The third-order valence-electron chi connectivity index (χ3n) is 2.57.